The molecular weight excluding hydrogens is 316 g/mol. The van der Waals surface area contributed by atoms with Gasteiger partial charge in [-0.05, 0) is 44.3 Å². The van der Waals surface area contributed by atoms with Crippen LogP contribution in [0.15, 0.2) is 48.5 Å². The summed E-state index contributed by atoms with van der Waals surface area (Å²) in [6, 6.07) is 15.5. The minimum absolute atomic E-state index is 0.0593. The van der Waals surface area contributed by atoms with E-state index in [1.165, 1.54) is 0 Å². The van der Waals surface area contributed by atoms with Gasteiger partial charge in [-0.25, -0.2) is 0 Å². The molecule has 5 nitrogen and oxygen atoms in total. The summed E-state index contributed by atoms with van der Waals surface area (Å²) in [5.41, 5.74) is 2.14. The average Bonchev–Trinajstić information content (AvgIpc) is 2.60. The Morgan fingerprint density at radius 1 is 1.12 bits per heavy atom. The fourth-order valence-corrected chi connectivity index (χ4v) is 2.56. The van der Waals surface area contributed by atoms with Crippen molar-refractivity contribution in [1.29, 1.82) is 0 Å². The van der Waals surface area contributed by atoms with E-state index in [1.54, 1.807) is 7.11 Å². The molecule has 2 aromatic carbocycles. The van der Waals surface area contributed by atoms with Crippen LogP contribution in [0.2, 0.25) is 0 Å². The second-order valence-corrected chi connectivity index (χ2v) is 6.24. The SMILES string of the molecule is COc1cc(C)ccc1OCC(=O)N[C@H](CN(C)C)c1ccccc1. The number of nitrogens with zero attached hydrogens (tertiary/aromatic N) is 1. The highest BCUT2D eigenvalue weighted by molar-refractivity contribution is 5.78. The van der Waals surface area contributed by atoms with Gasteiger partial charge in [0.15, 0.2) is 18.1 Å². The zero-order valence-corrected chi connectivity index (χ0v) is 15.3. The quantitative estimate of drug-likeness (QED) is 0.801. The number of rotatable bonds is 8. The third-order valence-corrected chi connectivity index (χ3v) is 3.76. The second kappa shape index (κ2) is 9.08. The Kier molecular flexibility index (Phi) is 6.83. The summed E-state index contributed by atoms with van der Waals surface area (Å²) in [6.07, 6.45) is 0. The third-order valence-electron chi connectivity index (χ3n) is 3.76. The Morgan fingerprint density at radius 3 is 2.48 bits per heavy atom. The lowest BCUT2D eigenvalue weighted by molar-refractivity contribution is -0.124. The van der Waals surface area contributed by atoms with Crippen molar-refractivity contribution in [2.24, 2.45) is 0 Å². The standard InChI is InChI=1S/C20H26N2O3/c1-15-10-11-18(19(12-15)24-4)25-14-20(23)21-17(13-22(2)3)16-8-6-5-7-9-16/h5-12,17H,13-14H2,1-4H3,(H,21,23)/t17-/m1/s1. The molecule has 5 heteroatoms. The summed E-state index contributed by atoms with van der Waals surface area (Å²) in [6.45, 7) is 2.63. The number of hydrogen-bond donors (Lipinski definition) is 1. The van der Waals surface area contributed by atoms with Crippen molar-refractivity contribution >= 4 is 5.91 Å². The first kappa shape index (κ1) is 18.8. The van der Waals surface area contributed by atoms with E-state index in [2.05, 4.69) is 5.32 Å². The monoisotopic (exact) mass is 342 g/mol. The van der Waals surface area contributed by atoms with Crippen molar-refractivity contribution in [3.63, 3.8) is 0 Å². The molecule has 0 heterocycles. The first-order valence-corrected chi connectivity index (χ1v) is 8.26. The molecule has 0 aliphatic carbocycles. The van der Waals surface area contributed by atoms with Crippen molar-refractivity contribution in [2.45, 2.75) is 13.0 Å². The van der Waals surface area contributed by atoms with E-state index in [0.717, 1.165) is 11.1 Å². The first-order chi connectivity index (χ1) is 12.0. The molecule has 1 N–H and O–H groups in total. The molecule has 1 amide bonds. The maximum atomic E-state index is 12.4. The Hall–Kier alpha value is -2.53. The Labute approximate surface area is 149 Å². The van der Waals surface area contributed by atoms with Crippen molar-refractivity contribution in [1.82, 2.24) is 10.2 Å². The summed E-state index contributed by atoms with van der Waals surface area (Å²) >= 11 is 0. The van der Waals surface area contributed by atoms with Crippen LogP contribution >= 0.6 is 0 Å². The maximum Gasteiger partial charge on any atom is 0.258 e. The molecule has 0 bridgehead atoms. The van der Waals surface area contributed by atoms with Crippen molar-refractivity contribution in [3.05, 3.63) is 59.7 Å². The highest BCUT2D eigenvalue weighted by Crippen LogP contribution is 2.27. The molecule has 0 aliphatic heterocycles. The molecule has 0 saturated carbocycles. The second-order valence-electron chi connectivity index (χ2n) is 6.24. The van der Waals surface area contributed by atoms with Crippen LogP contribution < -0.4 is 14.8 Å². The van der Waals surface area contributed by atoms with E-state index >= 15 is 0 Å². The van der Waals surface area contributed by atoms with Gasteiger partial charge in [-0.15, -0.1) is 0 Å². The summed E-state index contributed by atoms with van der Waals surface area (Å²) in [4.78, 5) is 14.4. The molecule has 134 valence electrons. The minimum Gasteiger partial charge on any atom is -0.493 e. The number of benzene rings is 2. The van der Waals surface area contributed by atoms with Gasteiger partial charge in [-0.2, -0.15) is 0 Å². The van der Waals surface area contributed by atoms with Crippen molar-refractivity contribution in [2.75, 3.05) is 34.4 Å². The van der Waals surface area contributed by atoms with E-state index in [4.69, 9.17) is 9.47 Å². The van der Waals surface area contributed by atoms with Crippen LogP contribution in [0, 0.1) is 6.92 Å². The molecule has 0 radical (unpaired) electrons. The first-order valence-electron chi connectivity index (χ1n) is 8.26. The van der Waals surface area contributed by atoms with Crippen LogP contribution in [-0.2, 0) is 4.79 Å². The fraction of sp³-hybridized carbons (Fsp3) is 0.350. The fourth-order valence-electron chi connectivity index (χ4n) is 2.56. The summed E-state index contributed by atoms with van der Waals surface area (Å²) < 4.78 is 10.9. The molecule has 2 rings (SSSR count). The lowest BCUT2D eigenvalue weighted by atomic mass is 10.1. The van der Waals surface area contributed by atoms with E-state index in [-0.39, 0.29) is 18.6 Å². The van der Waals surface area contributed by atoms with Gasteiger partial charge in [0.05, 0.1) is 13.2 Å². The van der Waals surface area contributed by atoms with E-state index in [9.17, 15) is 4.79 Å². The Balaban J connectivity index is 1.99. The molecule has 0 unspecified atom stereocenters. The van der Waals surface area contributed by atoms with Gasteiger partial charge in [-0.1, -0.05) is 36.4 Å². The smallest absolute Gasteiger partial charge is 0.258 e. The van der Waals surface area contributed by atoms with E-state index in [1.807, 2.05) is 74.4 Å². The molecule has 0 aliphatic rings. The van der Waals surface area contributed by atoms with Crippen LogP contribution in [0.25, 0.3) is 0 Å². The van der Waals surface area contributed by atoms with Gasteiger partial charge in [0.1, 0.15) is 0 Å². The van der Waals surface area contributed by atoms with Crippen molar-refractivity contribution < 1.29 is 14.3 Å². The van der Waals surface area contributed by atoms with Crippen LogP contribution in [0.5, 0.6) is 11.5 Å². The summed E-state index contributed by atoms with van der Waals surface area (Å²) in [5, 5.41) is 3.04. The van der Waals surface area contributed by atoms with Gasteiger partial charge in [0.2, 0.25) is 0 Å². The topological polar surface area (TPSA) is 50.8 Å². The number of likely N-dealkylation sites (N-methyl/N-ethyl adjacent to an activating group) is 1. The predicted molar refractivity (Wildman–Crippen MR) is 99.1 cm³/mol. The summed E-state index contributed by atoms with van der Waals surface area (Å²) in [5.74, 6) is 1.02. The van der Waals surface area contributed by atoms with Crippen LogP contribution in [-0.4, -0.2) is 45.2 Å². The van der Waals surface area contributed by atoms with Crippen LogP contribution in [0.3, 0.4) is 0 Å². The maximum absolute atomic E-state index is 12.4. The molecule has 0 aromatic heterocycles. The molecule has 0 spiro atoms. The molecule has 0 saturated heterocycles. The Bertz CT molecular complexity index is 687. The average molecular weight is 342 g/mol. The molecular formula is C20H26N2O3. The normalized spacial score (nSPS) is 11.9. The van der Waals surface area contributed by atoms with Crippen molar-refractivity contribution in [3.8, 4) is 11.5 Å². The van der Waals surface area contributed by atoms with Gasteiger partial charge in [0.25, 0.3) is 5.91 Å². The van der Waals surface area contributed by atoms with Gasteiger partial charge in [0, 0.05) is 6.54 Å². The number of carbonyl (C=O) groups excluding carboxylic acids is 1. The zero-order chi connectivity index (χ0) is 18.2. The molecule has 1 atom stereocenters. The van der Waals surface area contributed by atoms with Gasteiger partial charge in [-0.3, -0.25) is 4.79 Å². The number of ether oxygens (including phenoxy) is 2. The highest BCUT2D eigenvalue weighted by Gasteiger charge is 2.16. The predicted octanol–water partition coefficient (Wildman–Crippen LogP) is 2.80. The third kappa shape index (κ3) is 5.80. The number of carbonyl (C=O) groups is 1. The van der Waals surface area contributed by atoms with E-state index in [0.29, 0.717) is 18.0 Å². The number of hydrogen-bond acceptors (Lipinski definition) is 4. The van der Waals surface area contributed by atoms with E-state index < -0.39 is 0 Å². The lowest BCUT2D eigenvalue weighted by Crippen LogP contribution is -2.37. The Morgan fingerprint density at radius 2 is 1.84 bits per heavy atom. The molecule has 0 fully saturated rings. The van der Waals surface area contributed by atoms with Gasteiger partial charge >= 0.3 is 0 Å². The number of methoxy groups -OCH3 is 1. The highest BCUT2D eigenvalue weighted by atomic mass is 16.5. The lowest BCUT2D eigenvalue weighted by Gasteiger charge is -2.23. The zero-order valence-electron chi connectivity index (χ0n) is 15.3. The van der Waals surface area contributed by atoms with Crippen LogP contribution in [0.1, 0.15) is 17.2 Å². The largest absolute Gasteiger partial charge is 0.493 e. The number of aryl methyl sites for hydroxylation is 1. The van der Waals surface area contributed by atoms with Crippen LogP contribution in [0.4, 0.5) is 0 Å². The summed E-state index contributed by atoms with van der Waals surface area (Å²) in [7, 11) is 5.55. The minimum atomic E-state index is -0.168. The van der Waals surface area contributed by atoms with Gasteiger partial charge < -0.3 is 19.7 Å². The number of nitrogens with one attached hydrogen (secondary N) is 1. The number of amides is 1. The molecule has 25 heavy (non-hydrogen) atoms. The molecule has 2 aromatic rings.